The lowest BCUT2D eigenvalue weighted by Gasteiger charge is -2.13. The number of para-hydroxylation sites is 1. The van der Waals surface area contributed by atoms with Gasteiger partial charge in [-0.1, -0.05) is 18.2 Å². The highest BCUT2D eigenvalue weighted by Gasteiger charge is 2.43. The van der Waals surface area contributed by atoms with Gasteiger partial charge in [0.1, 0.15) is 0 Å². The molecule has 1 aliphatic rings. The third kappa shape index (κ3) is 1.44. The van der Waals surface area contributed by atoms with E-state index in [1.165, 1.54) is 0 Å². The Bertz CT molecular complexity index is 526. The molecule has 2 aromatic rings. The molecule has 0 aliphatic heterocycles. The van der Waals surface area contributed by atoms with Crippen LogP contribution in [0.25, 0.3) is 5.69 Å². The molecule has 1 saturated carbocycles. The van der Waals surface area contributed by atoms with Crippen molar-refractivity contribution in [3.63, 3.8) is 0 Å². The molecule has 0 unspecified atom stereocenters. The Morgan fingerprint density at radius 1 is 1.31 bits per heavy atom. The van der Waals surface area contributed by atoms with E-state index in [0.717, 1.165) is 29.7 Å². The number of aryl methyl sites for hydroxylation is 1. The van der Waals surface area contributed by atoms with Crippen LogP contribution in [0.4, 0.5) is 0 Å². The smallest absolute Gasteiger partial charge is 0.0919 e. The van der Waals surface area contributed by atoms with Crippen molar-refractivity contribution in [1.82, 2.24) is 9.78 Å². The van der Waals surface area contributed by atoms with Crippen LogP contribution < -0.4 is 0 Å². The molecule has 16 heavy (non-hydrogen) atoms. The Labute approximate surface area is 94.3 Å². The number of rotatable bonds is 2. The summed E-state index contributed by atoms with van der Waals surface area (Å²) < 4.78 is 1.83. The second kappa shape index (κ2) is 3.19. The molecule has 1 aliphatic carbocycles. The maximum atomic E-state index is 10.2. The van der Waals surface area contributed by atoms with Crippen LogP contribution in [0.1, 0.15) is 24.0 Å². The van der Waals surface area contributed by atoms with Crippen molar-refractivity contribution in [3.8, 4) is 5.69 Å². The highest BCUT2D eigenvalue weighted by atomic mass is 16.3. The normalized spacial score (nSPS) is 17.4. The van der Waals surface area contributed by atoms with Gasteiger partial charge in [-0.15, -0.1) is 0 Å². The van der Waals surface area contributed by atoms with E-state index in [4.69, 9.17) is 0 Å². The molecule has 0 saturated heterocycles. The quantitative estimate of drug-likeness (QED) is 0.832. The van der Waals surface area contributed by atoms with Crippen LogP contribution in [-0.4, -0.2) is 14.9 Å². The maximum Gasteiger partial charge on any atom is 0.0919 e. The van der Waals surface area contributed by atoms with Crippen molar-refractivity contribution < 1.29 is 5.11 Å². The minimum absolute atomic E-state index is 0.615. The van der Waals surface area contributed by atoms with E-state index in [9.17, 15) is 5.11 Å². The van der Waals surface area contributed by atoms with Crippen LogP contribution in [0.2, 0.25) is 0 Å². The summed E-state index contributed by atoms with van der Waals surface area (Å²) in [6, 6.07) is 7.92. The van der Waals surface area contributed by atoms with Gasteiger partial charge in [0.15, 0.2) is 0 Å². The number of benzene rings is 1. The Morgan fingerprint density at radius 2 is 2.06 bits per heavy atom. The first kappa shape index (κ1) is 9.60. The fourth-order valence-corrected chi connectivity index (χ4v) is 2.00. The lowest BCUT2D eigenvalue weighted by Crippen LogP contribution is -2.10. The fourth-order valence-electron chi connectivity index (χ4n) is 2.00. The molecule has 3 heteroatoms. The van der Waals surface area contributed by atoms with Gasteiger partial charge in [0.25, 0.3) is 0 Å². The lowest BCUT2D eigenvalue weighted by molar-refractivity contribution is 0.151. The number of hydrogen-bond acceptors (Lipinski definition) is 2. The predicted octanol–water partition coefficient (Wildman–Crippen LogP) is 2.16. The SMILES string of the molecule is Cc1cnn(-c2ccccc2C2(O)CC2)c1. The van der Waals surface area contributed by atoms with Crippen LogP contribution in [-0.2, 0) is 5.60 Å². The van der Waals surface area contributed by atoms with Crippen molar-refractivity contribution in [3.05, 3.63) is 47.8 Å². The van der Waals surface area contributed by atoms with Gasteiger partial charge in [-0.2, -0.15) is 5.10 Å². The number of nitrogens with zero attached hydrogens (tertiary/aromatic N) is 2. The van der Waals surface area contributed by atoms with Gasteiger partial charge < -0.3 is 5.11 Å². The molecular weight excluding hydrogens is 200 g/mol. The third-order valence-electron chi connectivity index (χ3n) is 3.09. The maximum absolute atomic E-state index is 10.2. The molecule has 3 rings (SSSR count). The first-order chi connectivity index (χ1) is 7.69. The van der Waals surface area contributed by atoms with Crippen LogP contribution in [0.5, 0.6) is 0 Å². The average molecular weight is 214 g/mol. The molecule has 1 fully saturated rings. The topological polar surface area (TPSA) is 38.0 Å². The molecule has 1 aromatic carbocycles. The van der Waals surface area contributed by atoms with E-state index in [2.05, 4.69) is 5.10 Å². The van der Waals surface area contributed by atoms with Crippen molar-refractivity contribution in [1.29, 1.82) is 0 Å². The molecule has 82 valence electrons. The molecule has 0 amide bonds. The van der Waals surface area contributed by atoms with Gasteiger partial charge in [-0.05, 0) is 31.4 Å². The fraction of sp³-hybridized carbons (Fsp3) is 0.308. The minimum Gasteiger partial charge on any atom is -0.385 e. The molecule has 3 nitrogen and oxygen atoms in total. The largest absolute Gasteiger partial charge is 0.385 e. The molecule has 0 atom stereocenters. The van der Waals surface area contributed by atoms with Gasteiger partial charge in [-0.25, -0.2) is 4.68 Å². The van der Waals surface area contributed by atoms with Crippen molar-refractivity contribution in [2.24, 2.45) is 0 Å². The highest BCUT2D eigenvalue weighted by molar-refractivity contribution is 5.46. The van der Waals surface area contributed by atoms with Crippen molar-refractivity contribution in [2.75, 3.05) is 0 Å². The first-order valence-corrected chi connectivity index (χ1v) is 5.53. The predicted molar refractivity (Wildman–Crippen MR) is 61.4 cm³/mol. The molecule has 0 spiro atoms. The van der Waals surface area contributed by atoms with Gasteiger partial charge in [0.2, 0.25) is 0 Å². The minimum atomic E-state index is -0.615. The zero-order valence-electron chi connectivity index (χ0n) is 9.22. The molecule has 1 heterocycles. The van der Waals surface area contributed by atoms with Crippen LogP contribution >= 0.6 is 0 Å². The Balaban J connectivity index is 2.13. The van der Waals surface area contributed by atoms with E-state index >= 15 is 0 Å². The highest BCUT2D eigenvalue weighted by Crippen LogP contribution is 2.47. The second-order valence-electron chi connectivity index (χ2n) is 4.51. The van der Waals surface area contributed by atoms with Crippen molar-refractivity contribution in [2.45, 2.75) is 25.4 Å². The molecular formula is C13H14N2O. The summed E-state index contributed by atoms with van der Waals surface area (Å²) in [6.07, 6.45) is 5.51. The van der Waals surface area contributed by atoms with Gasteiger partial charge in [0, 0.05) is 11.8 Å². The number of aliphatic hydroxyl groups is 1. The summed E-state index contributed by atoms with van der Waals surface area (Å²) >= 11 is 0. The van der Waals surface area contributed by atoms with Gasteiger partial charge >= 0.3 is 0 Å². The van der Waals surface area contributed by atoms with E-state index in [0.29, 0.717) is 0 Å². The molecule has 0 bridgehead atoms. The summed E-state index contributed by atoms with van der Waals surface area (Å²) in [5.41, 5.74) is 2.47. The zero-order valence-corrected chi connectivity index (χ0v) is 9.22. The zero-order chi connectivity index (χ0) is 11.2. The van der Waals surface area contributed by atoms with E-state index in [1.807, 2.05) is 48.3 Å². The Morgan fingerprint density at radius 3 is 2.69 bits per heavy atom. The van der Waals surface area contributed by atoms with Crippen LogP contribution in [0.3, 0.4) is 0 Å². The lowest BCUT2D eigenvalue weighted by atomic mass is 10.1. The molecule has 1 aromatic heterocycles. The Kier molecular flexibility index (Phi) is 1.91. The van der Waals surface area contributed by atoms with E-state index in [1.54, 1.807) is 0 Å². The van der Waals surface area contributed by atoms with Gasteiger partial charge in [0.05, 0.1) is 17.5 Å². The summed E-state index contributed by atoms with van der Waals surface area (Å²) in [6.45, 7) is 2.01. The summed E-state index contributed by atoms with van der Waals surface area (Å²) in [4.78, 5) is 0. The summed E-state index contributed by atoms with van der Waals surface area (Å²) in [7, 11) is 0. The number of aromatic nitrogens is 2. The second-order valence-corrected chi connectivity index (χ2v) is 4.51. The van der Waals surface area contributed by atoms with Crippen LogP contribution in [0.15, 0.2) is 36.7 Å². The summed E-state index contributed by atoms with van der Waals surface area (Å²) in [5, 5.41) is 14.5. The average Bonchev–Trinajstić information content (AvgIpc) is 2.89. The van der Waals surface area contributed by atoms with Crippen molar-refractivity contribution >= 4 is 0 Å². The molecule has 0 radical (unpaired) electrons. The Hall–Kier alpha value is -1.61. The number of hydrogen-bond donors (Lipinski definition) is 1. The third-order valence-corrected chi connectivity index (χ3v) is 3.09. The molecule has 1 N–H and O–H groups in total. The summed E-state index contributed by atoms with van der Waals surface area (Å²) in [5.74, 6) is 0. The van der Waals surface area contributed by atoms with Gasteiger partial charge in [-0.3, -0.25) is 0 Å². The monoisotopic (exact) mass is 214 g/mol. The van der Waals surface area contributed by atoms with E-state index in [-0.39, 0.29) is 0 Å². The first-order valence-electron chi connectivity index (χ1n) is 5.53. The van der Waals surface area contributed by atoms with Crippen LogP contribution in [0, 0.1) is 6.92 Å². The van der Waals surface area contributed by atoms with E-state index < -0.39 is 5.60 Å². The standard InChI is InChI=1S/C13H14N2O/c1-10-8-14-15(9-10)12-5-3-2-4-11(12)13(16)6-7-13/h2-5,8-9,16H,6-7H2,1H3.